The first-order valence-corrected chi connectivity index (χ1v) is 9.76. The monoisotopic (exact) mass is 438 g/mol. The predicted molar refractivity (Wildman–Crippen MR) is 110 cm³/mol. The van der Waals surface area contributed by atoms with Crippen molar-refractivity contribution in [3.05, 3.63) is 64.7 Å². The number of aryl methyl sites for hydroxylation is 1. The topological polar surface area (TPSA) is 119 Å². The zero-order valence-corrected chi connectivity index (χ0v) is 17.3. The molecule has 0 saturated heterocycles. The van der Waals surface area contributed by atoms with Crippen LogP contribution in [0.5, 0.6) is 0 Å². The SMILES string of the molecule is COCCCN1C(=O)c2ccc(C(=O)Nc3ccc(F)c(-n4nnnc4C)c3)cc2C1=O. The number of benzene rings is 2. The van der Waals surface area contributed by atoms with Gasteiger partial charge < -0.3 is 10.1 Å². The Morgan fingerprint density at radius 2 is 1.91 bits per heavy atom. The molecule has 1 aromatic heterocycles. The summed E-state index contributed by atoms with van der Waals surface area (Å²) in [5.74, 6) is -1.54. The first kappa shape index (κ1) is 21.2. The van der Waals surface area contributed by atoms with Crippen LogP contribution < -0.4 is 5.32 Å². The number of fused-ring (bicyclic) bond motifs is 1. The highest BCUT2D eigenvalue weighted by Crippen LogP contribution is 2.25. The van der Waals surface area contributed by atoms with Gasteiger partial charge in [0.25, 0.3) is 17.7 Å². The minimum absolute atomic E-state index is 0.0757. The highest BCUT2D eigenvalue weighted by Gasteiger charge is 2.35. The fourth-order valence-electron chi connectivity index (χ4n) is 3.41. The molecule has 0 radical (unpaired) electrons. The van der Waals surface area contributed by atoms with Crippen LogP contribution in [-0.2, 0) is 4.74 Å². The number of ether oxygens (including phenoxy) is 1. The van der Waals surface area contributed by atoms with E-state index < -0.39 is 23.5 Å². The zero-order chi connectivity index (χ0) is 22.8. The van der Waals surface area contributed by atoms with Gasteiger partial charge in [-0.1, -0.05) is 0 Å². The molecule has 11 heteroatoms. The third kappa shape index (κ3) is 3.85. The Morgan fingerprint density at radius 3 is 2.62 bits per heavy atom. The molecule has 1 aliphatic rings. The molecular formula is C21H19FN6O4. The molecule has 0 bridgehead atoms. The fourth-order valence-corrected chi connectivity index (χ4v) is 3.41. The molecule has 2 aromatic carbocycles. The van der Waals surface area contributed by atoms with Crippen molar-refractivity contribution in [1.29, 1.82) is 0 Å². The van der Waals surface area contributed by atoms with Crippen molar-refractivity contribution in [3.63, 3.8) is 0 Å². The number of carbonyl (C=O) groups excluding carboxylic acids is 3. The third-order valence-electron chi connectivity index (χ3n) is 5.02. The number of halogens is 1. The van der Waals surface area contributed by atoms with Gasteiger partial charge in [0.05, 0.1) is 11.1 Å². The lowest BCUT2D eigenvalue weighted by atomic mass is 10.1. The molecule has 0 saturated carbocycles. The Balaban J connectivity index is 1.55. The maximum atomic E-state index is 14.2. The van der Waals surface area contributed by atoms with E-state index in [1.54, 1.807) is 14.0 Å². The van der Waals surface area contributed by atoms with Crippen molar-refractivity contribution < 1.29 is 23.5 Å². The summed E-state index contributed by atoms with van der Waals surface area (Å²) in [5, 5.41) is 13.6. The maximum absolute atomic E-state index is 14.2. The number of aromatic nitrogens is 4. The standard InChI is InChI=1S/C21H19FN6O4/c1-12-24-25-26-28(12)18-11-14(5-7-17(18)22)23-19(29)13-4-6-15-16(10-13)21(31)27(20(15)30)8-3-9-32-2/h4-7,10-11H,3,8-9H2,1-2H3,(H,23,29). The van der Waals surface area contributed by atoms with Crippen LogP contribution in [0.25, 0.3) is 5.69 Å². The highest BCUT2D eigenvalue weighted by molar-refractivity contribution is 6.22. The predicted octanol–water partition coefficient (Wildman–Crippen LogP) is 1.99. The molecule has 1 N–H and O–H groups in total. The zero-order valence-electron chi connectivity index (χ0n) is 17.3. The van der Waals surface area contributed by atoms with E-state index in [1.165, 1.54) is 41.1 Å². The number of anilines is 1. The molecule has 3 amide bonds. The molecule has 0 unspecified atom stereocenters. The normalized spacial score (nSPS) is 12.9. The van der Waals surface area contributed by atoms with Gasteiger partial charge in [-0.15, -0.1) is 5.10 Å². The number of nitrogens with one attached hydrogen (secondary N) is 1. The number of hydrogen-bond donors (Lipinski definition) is 1. The van der Waals surface area contributed by atoms with Gasteiger partial charge in [0.15, 0.2) is 5.82 Å². The number of tetrazole rings is 1. The number of hydrogen-bond acceptors (Lipinski definition) is 7. The number of rotatable bonds is 7. The van der Waals surface area contributed by atoms with Crippen molar-refractivity contribution in [1.82, 2.24) is 25.1 Å². The fraction of sp³-hybridized carbons (Fsp3) is 0.238. The summed E-state index contributed by atoms with van der Waals surface area (Å²) in [6.07, 6.45) is 0.517. The van der Waals surface area contributed by atoms with Gasteiger partial charge in [-0.3, -0.25) is 19.3 Å². The number of nitrogens with zero attached hydrogens (tertiary/aromatic N) is 5. The van der Waals surface area contributed by atoms with Gasteiger partial charge in [0.2, 0.25) is 0 Å². The second kappa shape index (κ2) is 8.63. The minimum atomic E-state index is -0.561. The quantitative estimate of drug-likeness (QED) is 0.443. The first-order valence-electron chi connectivity index (χ1n) is 9.76. The van der Waals surface area contributed by atoms with E-state index in [0.29, 0.717) is 24.5 Å². The molecule has 4 rings (SSSR count). The summed E-state index contributed by atoms with van der Waals surface area (Å²) in [5.41, 5.74) is 0.997. The average molecular weight is 438 g/mol. The van der Waals surface area contributed by atoms with Gasteiger partial charge in [0, 0.05) is 31.5 Å². The summed E-state index contributed by atoms with van der Waals surface area (Å²) in [6, 6.07) is 8.30. The number of carbonyl (C=O) groups is 3. The smallest absolute Gasteiger partial charge is 0.261 e. The van der Waals surface area contributed by atoms with Crippen molar-refractivity contribution in [3.8, 4) is 5.69 Å². The summed E-state index contributed by atoms with van der Waals surface area (Å²) < 4.78 is 20.4. The third-order valence-corrected chi connectivity index (χ3v) is 5.02. The minimum Gasteiger partial charge on any atom is -0.385 e. The molecule has 0 spiro atoms. The van der Waals surface area contributed by atoms with Crippen LogP contribution in [0.15, 0.2) is 36.4 Å². The summed E-state index contributed by atoms with van der Waals surface area (Å²) in [6.45, 7) is 2.27. The molecular weight excluding hydrogens is 419 g/mol. The number of amides is 3. The van der Waals surface area contributed by atoms with Crippen molar-refractivity contribution >= 4 is 23.4 Å². The van der Waals surface area contributed by atoms with E-state index >= 15 is 0 Å². The second-order valence-electron chi connectivity index (χ2n) is 7.13. The molecule has 32 heavy (non-hydrogen) atoms. The maximum Gasteiger partial charge on any atom is 0.261 e. The van der Waals surface area contributed by atoms with E-state index in [9.17, 15) is 18.8 Å². The largest absolute Gasteiger partial charge is 0.385 e. The summed E-state index contributed by atoms with van der Waals surface area (Å²) >= 11 is 0. The van der Waals surface area contributed by atoms with Gasteiger partial charge in [-0.25, -0.2) is 4.39 Å². The van der Waals surface area contributed by atoms with Gasteiger partial charge >= 0.3 is 0 Å². The first-order chi connectivity index (χ1) is 15.4. The Morgan fingerprint density at radius 1 is 1.12 bits per heavy atom. The molecule has 0 atom stereocenters. The number of imide groups is 1. The second-order valence-corrected chi connectivity index (χ2v) is 7.13. The van der Waals surface area contributed by atoms with Crippen LogP contribution in [0.3, 0.4) is 0 Å². The van der Waals surface area contributed by atoms with Gasteiger partial charge in [-0.2, -0.15) is 4.68 Å². The Kier molecular flexibility index (Phi) is 5.73. The van der Waals surface area contributed by atoms with E-state index in [1.807, 2.05) is 0 Å². The molecule has 164 valence electrons. The molecule has 1 aliphatic heterocycles. The van der Waals surface area contributed by atoms with E-state index in [4.69, 9.17) is 4.74 Å². The van der Waals surface area contributed by atoms with Crippen molar-refractivity contribution in [2.45, 2.75) is 13.3 Å². The molecule has 3 aromatic rings. The molecule has 0 aliphatic carbocycles. The van der Waals surface area contributed by atoms with Gasteiger partial charge in [0.1, 0.15) is 11.5 Å². The lowest BCUT2D eigenvalue weighted by Gasteiger charge is -2.12. The van der Waals surface area contributed by atoms with E-state index in [-0.39, 0.29) is 28.9 Å². The van der Waals surface area contributed by atoms with E-state index in [2.05, 4.69) is 20.8 Å². The van der Waals surface area contributed by atoms with Crippen molar-refractivity contribution in [2.24, 2.45) is 0 Å². The van der Waals surface area contributed by atoms with Crippen molar-refractivity contribution in [2.75, 3.05) is 25.6 Å². The lowest BCUT2D eigenvalue weighted by molar-refractivity contribution is 0.0638. The summed E-state index contributed by atoms with van der Waals surface area (Å²) in [4.78, 5) is 39.1. The van der Waals surface area contributed by atoms with Crippen LogP contribution >= 0.6 is 0 Å². The van der Waals surface area contributed by atoms with Crippen LogP contribution in [0.1, 0.15) is 43.3 Å². The van der Waals surface area contributed by atoms with Crippen LogP contribution in [0, 0.1) is 12.7 Å². The Bertz CT molecular complexity index is 1220. The molecule has 0 fully saturated rings. The molecule has 2 heterocycles. The highest BCUT2D eigenvalue weighted by atomic mass is 19.1. The van der Waals surface area contributed by atoms with Crippen LogP contribution in [0.4, 0.5) is 10.1 Å². The van der Waals surface area contributed by atoms with Crippen LogP contribution in [0.2, 0.25) is 0 Å². The lowest BCUT2D eigenvalue weighted by Crippen LogP contribution is -2.31. The van der Waals surface area contributed by atoms with E-state index in [0.717, 1.165) is 4.90 Å². The average Bonchev–Trinajstić information content (AvgIpc) is 3.31. The Labute approximate surface area is 182 Å². The number of methoxy groups -OCH3 is 1. The Hall–Kier alpha value is -3.99. The van der Waals surface area contributed by atoms with Crippen LogP contribution in [-0.4, -0.2) is 63.1 Å². The van der Waals surface area contributed by atoms with Gasteiger partial charge in [-0.05, 0) is 60.2 Å². The molecule has 10 nitrogen and oxygen atoms in total. The summed E-state index contributed by atoms with van der Waals surface area (Å²) in [7, 11) is 1.54.